The van der Waals surface area contributed by atoms with Gasteiger partial charge < -0.3 is 4.74 Å². The van der Waals surface area contributed by atoms with Crippen molar-refractivity contribution in [3.8, 4) is 5.75 Å². The van der Waals surface area contributed by atoms with Crippen molar-refractivity contribution in [2.75, 3.05) is 7.11 Å². The van der Waals surface area contributed by atoms with Crippen LogP contribution < -0.4 is 4.74 Å². The molecule has 67 valence electrons. The van der Waals surface area contributed by atoms with Gasteiger partial charge in [-0.25, -0.2) is 0 Å². The van der Waals surface area contributed by atoms with Crippen LogP contribution in [-0.4, -0.2) is 18.3 Å². The van der Waals surface area contributed by atoms with Gasteiger partial charge in [-0.05, 0) is 6.07 Å². The van der Waals surface area contributed by atoms with Crippen molar-refractivity contribution in [3.63, 3.8) is 0 Å². The van der Waals surface area contributed by atoms with Gasteiger partial charge in [0.25, 0.3) is 5.69 Å². The van der Waals surface area contributed by atoms with Crippen molar-refractivity contribution in [1.82, 2.24) is 0 Å². The minimum Gasteiger partial charge on any atom is -0.496 e. The molecule has 0 saturated carbocycles. The third-order valence-electron chi connectivity index (χ3n) is 1.48. The first-order chi connectivity index (χ1) is 6.19. The number of rotatable bonds is 3. The first kappa shape index (κ1) is 9.18. The normalized spacial score (nSPS) is 9.31. The highest BCUT2D eigenvalue weighted by Crippen LogP contribution is 2.21. The summed E-state index contributed by atoms with van der Waals surface area (Å²) < 4.78 is 4.75. The molecule has 0 bridgehead atoms. The van der Waals surface area contributed by atoms with Gasteiger partial charge in [0.05, 0.1) is 17.6 Å². The van der Waals surface area contributed by atoms with E-state index in [1.165, 1.54) is 13.2 Å². The fraction of sp³-hybridized carbons (Fsp3) is 0.125. The van der Waals surface area contributed by atoms with E-state index in [2.05, 4.69) is 6.07 Å². The molecule has 0 amide bonds. The van der Waals surface area contributed by atoms with Crippen LogP contribution in [0.2, 0.25) is 0 Å². The summed E-state index contributed by atoms with van der Waals surface area (Å²) in [4.78, 5) is 20.2. The summed E-state index contributed by atoms with van der Waals surface area (Å²) in [6.07, 6.45) is 0.411. The molecule has 0 aliphatic rings. The molecular formula is C8H6NO4. The average Bonchev–Trinajstić information content (AvgIpc) is 2.16. The van der Waals surface area contributed by atoms with Crippen LogP contribution in [0.3, 0.4) is 0 Å². The second-order valence-corrected chi connectivity index (χ2v) is 2.22. The summed E-state index contributed by atoms with van der Waals surface area (Å²) >= 11 is 0. The molecule has 0 saturated heterocycles. The minimum atomic E-state index is -0.639. The van der Waals surface area contributed by atoms with Crippen molar-refractivity contribution >= 4 is 12.0 Å². The van der Waals surface area contributed by atoms with Crippen molar-refractivity contribution in [3.05, 3.63) is 33.9 Å². The van der Waals surface area contributed by atoms with Crippen molar-refractivity contribution < 1.29 is 14.5 Å². The SMILES string of the molecule is COc1[c]cc([N+](=O)[O-])c(C=O)c1. The predicted molar refractivity (Wildman–Crippen MR) is 43.9 cm³/mol. The number of carbonyl (C=O) groups is 1. The molecule has 0 aliphatic carbocycles. The monoisotopic (exact) mass is 180 g/mol. The molecule has 0 N–H and O–H groups in total. The second-order valence-electron chi connectivity index (χ2n) is 2.22. The molecule has 1 radical (unpaired) electrons. The first-order valence-corrected chi connectivity index (χ1v) is 3.38. The van der Waals surface area contributed by atoms with E-state index in [-0.39, 0.29) is 11.3 Å². The average molecular weight is 180 g/mol. The summed E-state index contributed by atoms with van der Waals surface area (Å²) in [7, 11) is 1.40. The van der Waals surface area contributed by atoms with Crippen LogP contribution in [0.5, 0.6) is 5.75 Å². The van der Waals surface area contributed by atoms with Gasteiger partial charge in [-0.3, -0.25) is 14.9 Å². The number of carbonyl (C=O) groups excluding carboxylic acids is 1. The number of aldehydes is 1. The largest absolute Gasteiger partial charge is 0.496 e. The van der Waals surface area contributed by atoms with Crippen LogP contribution in [0.1, 0.15) is 10.4 Å². The van der Waals surface area contributed by atoms with E-state index in [0.717, 1.165) is 6.07 Å². The number of hydrogen-bond donors (Lipinski definition) is 0. The molecule has 1 aromatic carbocycles. The minimum absolute atomic E-state index is 0.0133. The lowest BCUT2D eigenvalue weighted by atomic mass is 10.2. The Balaban J connectivity index is 3.23. The summed E-state index contributed by atoms with van der Waals surface area (Å²) in [6, 6.07) is 4.90. The zero-order valence-electron chi connectivity index (χ0n) is 6.81. The Morgan fingerprint density at radius 3 is 2.85 bits per heavy atom. The number of nitro groups is 1. The molecule has 1 rings (SSSR count). The van der Waals surface area contributed by atoms with Crippen LogP contribution in [0.25, 0.3) is 0 Å². The molecule has 0 spiro atoms. The Bertz CT molecular complexity index is 348. The quantitative estimate of drug-likeness (QED) is 0.398. The van der Waals surface area contributed by atoms with Gasteiger partial charge in [0.1, 0.15) is 5.75 Å². The van der Waals surface area contributed by atoms with E-state index in [1.807, 2.05) is 0 Å². The van der Waals surface area contributed by atoms with Gasteiger partial charge in [0.2, 0.25) is 0 Å². The van der Waals surface area contributed by atoms with Crippen molar-refractivity contribution in [2.24, 2.45) is 0 Å². The maximum Gasteiger partial charge on any atom is 0.280 e. The molecule has 0 unspecified atom stereocenters. The molecule has 5 heteroatoms. The molecule has 5 nitrogen and oxygen atoms in total. The summed E-state index contributed by atoms with van der Waals surface area (Å²) in [5, 5.41) is 10.4. The Morgan fingerprint density at radius 1 is 1.69 bits per heavy atom. The van der Waals surface area contributed by atoms with E-state index in [1.54, 1.807) is 0 Å². The topological polar surface area (TPSA) is 69.4 Å². The van der Waals surface area contributed by atoms with Gasteiger partial charge >= 0.3 is 0 Å². The predicted octanol–water partition coefficient (Wildman–Crippen LogP) is 1.22. The van der Waals surface area contributed by atoms with Crippen LogP contribution in [-0.2, 0) is 0 Å². The molecule has 0 atom stereocenters. The zero-order chi connectivity index (χ0) is 9.84. The Labute approximate surface area is 74.1 Å². The fourth-order valence-corrected chi connectivity index (χ4v) is 0.850. The zero-order valence-corrected chi connectivity index (χ0v) is 6.81. The van der Waals surface area contributed by atoms with Gasteiger partial charge in [0.15, 0.2) is 6.29 Å². The lowest BCUT2D eigenvalue weighted by molar-refractivity contribution is -0.385. The van der Waals surface area contributed by atoms with E-state index in [9.17, 15) is 14.9 Å². The van der Waals surface area contributed by atoms with Crippen LogP contribution in [0.15, 0.2) is 12.1 Å². The van der Waals surface area contributed by atoms with Crippen molar-refractivity contribution in [1.29, 1.82) is 0 Å². The fourth-order valence-electron chi connectivity index (χ4n) is 0.850. The molecule has 0 fully saturated rings. The Morgan fingerprint density at radius 2 is 2.38 bits per heavy atom. The third kappa shape index (κ3) is 1.81. The summed E-state index contributed by atoms with van der Waals surface area (Å²) in [5.41, 5.74) is -0.281. The van der Waals surface area contributed by atoms with Gasteiger partial charge in [0, 0.05) is 12.1 Å². The Kier molecular flexibility index (Phi) is 2.59. The number of nitro benzene ring substituents is 1. The molecule has 13 heavy (non-hydrogen) atoms. The maximum absolute atomic E-state index is 10.4. The van der Waals surface area contributed by atoms with E-state index >= 15 is 0 Å². The van der Waals surface area contributed by atoms with Crippen LogP contribution in [0.4, 0.5) is 5.69 Å². The molecule has 0 aliphatic heterocycles. The van der Waals surface area contributed by atoms with Crippen LogP contribution >= 0.6 is 0 Å². The number of benzene rings is 1. The summed E-state index contributed by atoms with van der Waals surface area (Å²) in [5.74, 6) is 0.299. The molecular weight excluding hydrogens is 174 g/mol. The highest BCUT2D eigenvalue weighted by Gasteiger charge is 2.13. The van der Waals surface area contributed by atoms with Crippen LogP contribution in [0, 0.1) is 16.2 Å². The van der Waals surface area contributed by atoms with E-state index in [0.29, 0.717) is 12.0 Å². The van der Waals surface area contributed by atoms with Gasteiger partial charge in [-0.15, -0.1) is 0 Å². The first-order valence-electron chi connectivity index (χ1n) is 3.38. The molecule has 0 aromatic heterocycles. The smallest absolute Gasteiger partial charge is 0.280 e. The third-order valence-corrected chi connectivity index (χ3v) is 1.48. The standard InChI is InChI=1S/C8H6NO4/c1-13-7-2-3-8(9(11)12)6(4-7)5-10/h3-5H,1H3. The Hall–Kier alpha value is -1.91. The van der Waals surface area contributed by atoms with E-state index < -0.39 is 4.92 Å². The highest BCUT2D eigenvalue weighted by molar-refractivity contribution is 5.82. The molecule has 0 heterocycles. The van der Waals surface area contributed by atoms with E-state index in [4.69, 9.17) is 4.74 Å². The summed E-state index contributed by atoms with van der Waals surface area (Å²) in [6.45, 7) is 0. The number of nitrogens with zero attached hydrogens (tertiary/aromatic N) is 1. The van der Waals surface area contributed by atoms with Gasteiger partial charge in [-0.1, -0.05) is 0 Å². The number of ether oxygens (including phenoxy) is 1. The van der Waals surface area contributed by atoms with Crippen molar-refractivity contribution in [2.45, 2.75) is 0 Å². The lowest BCUT2D eigenvalue weighted by Crippen LogP contribution is -1.95. The van der Waals surface area contributed by atoms with Gasteiger partial charge in [-0.2, -0.15) is 0 Å². The second kappa shape index (κ2) is 3.66. The maximum atomic E-state index is 10.4. The lowest BCUT2D eigenvalue weighted by Gasteiger charge is -1.99. The number of hydrogen-bond acceptors (Lipinski definition) is 4. The number of methoxy groups -OCH3 is 1. The highest BCUT2D eigenvalue weighted by atomic mass is 16.6. The molecule has 1 aromatic rings.